The second-order valence-corrected chi connectivity index (χ2v) is 7.49. The number of para-hydroxylation sites is 6. The molecule has 1 heterocycles. The summed E-state index contributed by atoms with van der Waals surface area (Å²) in [6.07, 6.45) is -3.53. The van der Waals surface area contributed by atoms with E-state index in [2.05, 4.69) is 0 Å². The molecule has 1 fully saturated rings. The quantitative estimate of drug-likeness (QED) is 0.482. The zero-order chi connectivity index (χ0) is 23.9. The number of hydrogen-bond donors (Lipinski definition) is 1. The van der Waals surface area contributed by atoms with E-state index in [1.165, 1.54) is 0 Å². The fourth-order valence-electron chi connectivity index (χ4n) is 3.75. The van der Waals surface area contributed by atoms with Gasteiger partial charge < -0.3 is 38.3 Å². The molecule has 0 amide bonds. The van der Waals surface area contributed by atoms with Crippen LogP contribution in [0, 0.1) is 0 Å². The second kappa shape index (κ2) is 11.0. The van der Waals surface area contributed by atoms with Crippen LogP contribution in [0.2, 0.25) is 0 Å². The van der Waals surface area contributed by atoms with Gasteiger partial charge in [0, 0.05) is 0 Å². The van der Waals surface area contributed by atoms with Gasteiger partial charge in [-0.05, 0) is 36.4 Å². The van der Waals surface area contributed by atoms with Gasteiger partial charge in [0.25, 0.3) is 0 Å². The molecule has 8 nitrogen and oxygen atoms in total. The molecular formula is C26H28O8. The first-order valence-corrected chi connectivity index (χ1v) is 10.8. The van der Waals surface area contributed by atoms with Crippen LogP contribution in [0.4, 0.5) is 0 Å². The fraction of sp³-hybridized carbons (Fsp3) is 0.308. The van der Waals surface area contributed by atoms with Crippen LogP contribution in [-0.2, 0) is 4.74 Å². The molecule has 3 aromatic carbocycles. The minimum atomic E-state index is -1.27. The van der Waals surface area contributed by atoms with Gasteiger partial charge in [-0.2, -0.15) is 0 Å². The van der Waals surface area contributed by atoms with E-state index in [-0.39, 0.29) is 6.61 Å². The van der Waals surface area contributed by atoms with Crippen LogP contribution in [0.15, 0.2) is 72.8 Å². The fourth-order valence-corrected chi connectivity index (χ4v) is 3.75. The molecule has 1 aliphatic rings. The topological polar surface area (TPSA) is 84.8 Å². The Balaban J connectivity index is 1.60. The monoisotopic (exact) mass is 468 g/mol. The average molecular weight is 469 g/mol. The van der Waals surface area contributed by atoms with Crippen molar-refractivity contribution in [2.24, 2.45) is 0 Å². The number of hydrogen-bond acceptors (Lipinski definition) is 8. The van der Waals surface area contributed by atoms with Crippen LogP contribution >= 0.6 is 0 Å². The van der Waals surface area contributed by atoms with Gasteiger partial charge in [-0.1, -0.05) is 36.4 Å². The summed E-state index contributed by atoms with van der Waals surface area (Å²) < 4.78 is 40.4. The predicted octanol–water partition coefficient (Wildman–Crippen LogP) is 3.70. The lowest BCUT2D eigenvalue weighted by molar-refractivity contribution is -0.126. The Morgan fingerprint density at radius 3 is 1.53 bits per heavy atom. The molecule has 0 aliphatic carbocycles. The summed E-state index contributed by atoms with van der Waals surface area (Å²) in [4.78, 5) is 0. The molecule has 1 N–H and O–H groups in total. The molecule has 180 valence electrons. The Morgan fingerprint density at radius 1 is 0.618 bits per heavy atom. The molecule has 0 saturated carbocycles. The Morgan fingerprint density at radius 2 is 1.03 bits per heavy atom. The van der Waals surface area contributed by atoms with Crippen molar-refractivity contribution >= 4 is 0 Å². The molecule has 4 unspecified atom stereocenters. The summed E-state index contributed by atoms with van der Waals surface area (Å²) in [5.74, 6) is 3.16. The highest BCUT2D eigenvalue weighted by atomic mass is 16.7. The van der Waals surface area contributed by atoms with E-state index in [0.717, 1.165) is 0 Å². The van der Waals surface area contributed by atoms with E-state index in [1.807, 2.05) is 36.4 Å². The van der Waals surface area contributed by atoms with E-state index in [1.54, 1.807) is 57.7 Å². The molecule has 8 heteroatoms. The second-order valence-electron chi connectivity index (χ2n) is 7.49. The number of aliphatic hydroxyl groups is 1. The van der Waals surface area contributed by atoms with Gasteiger partial charge in [0.15, 0.2) is 53.0 Å². The molecule has 1 saturated heterocycles. The highest BCUT2D eigenvalue weighted by Gasteiger charge is 2.48. The zero-order valence-electron chi connectivity index (χ0n) is 19.2. The lowest BCUT2D eigenvalue weighted by Gasteiger charge is -2.26. The average Bonchev–Trinajstić information content (AvgIpc) is 3.17. The maximum absolute atomic E-state index is 10.8. The van der Waals surface area contributed by atoms with Crippen LogP contribution in [-0.4, -0.2) is 57.6 Å². The number of rotatable bonds is 10. The highest BCUT2D eigenvalue weighted by Crippen LogP contribution is 2.36. The van der Waals surface area contributed by atoms with Crippen LogP contribution in [0.3, 0.4) is 0 Å². The van der Waals surface area contributed by atoms with Crippen molar-refractivity contribution in [1.82, 2.24) is 0 Å². The highest BCUT2D eigenvalue weighted by molar-refractivity contribution is 5.41. The normalized spacial score (nSPS) is 21.5. The lowest BCUT2D eigenvalue weighted by Crippen LogP contribution is -2.43. The maximum Gasteiger partial charge on any atom is 0.196 e. The molecule has 0 bridgehead atoms. The van der Waals surface area contributed by atoms with Gasteiger partial charge in [-0.3, -0.25) is 0 Å². The van der Waals surface area contributed by atoms with Crippen molar-refractivity contribution in [3.05, 3.63) is 72.8 Å². The van der Waals surface area contributed by atoms with Gasteiger partial charge >= 0.3 is 0 Å². The van der Waals surface area contributed by atoms with Crippen LogP contribution in [0.25, 0.3) is 0 Å². The minimum Gasteiger partial charge on any atom is -0.493 e. The molecule has 3 aromatic rings. The van der Waals surface area contributed by atoms with Gasteiger partial charge in [-0.25, -0.2) is 0 Å². The smallest absolute Gasteiger partial charge is 0.196 e. The molecular weight excluding hydrogens is 440 g/mol. The van der Waals surface area contributed by atoms with Crippen LogP contribution < -0.4 is 28.4 Å². The Kier molecular flexibility index (Phi) is 7.61. The lowest BCUT2D eigenvalue weighted by atomic mass is 10.1. The summed E-state index contributed by atoms with van der Waals surface area (Å²) in [5.41, 5.74) is 0. The summed E-state index contributed by atoms with van der Waals surface area (Å²) in [5, 5.41) is 10.8. The van der Waals surface area contributed by atoms with Gasteiger partial charge in [0.05, 0.1) is 21.3 Å². The van der Waals surface area contributed by atoms with Crippen molar-refractivity contribution in [2.45, 2.75) is 24.6 Å². The molecule has 4 rings (SSSR count). The van der Waals surface area contributed by atoms with E-state index >= 15 is 0 Å². The molecule has 0 spiro atoms. The van der Waals surface area contributed by atoms with Crippen molar-refractivity contribution in [3.63, 3.8) is 0 Å². The molecule has 0 radical (unpaired) electrons. The number of benzene rings is 3. The van der Waals surface area contributed by atoms with E-state index in [9.17, 15) is 5.11 Å². The SMILES string of the molecule is COc1ccccc1OCC1OC(O)C(Oc2ccccc2OC)C1Oc1ccccc1OC. The van der Waals surface area contributed by atoms with Crippen LogP contribution in [0.5, 0.6) is 34.5 Å². The Labute approximate surface area is 198 Å². The third kappa shape index (κ3) is 5.13. The first kappa shape index (κ1) is 23.5. The van der Waals surface area contributed by atoms with E-state index in [4.69, 9.17) is 33.2 Å². The van der Waals surface area contributed by atoms with Gasteiger partial charge in [0.2, 0.25) is 0 Å². The molecule has 0 aromatic heterocycles. The van der Waals surface area contributed by atoms with E-state index in [0.29, 0.717) is 34.5 Å². The van der Waals surface area contributed by atoms with Crippen LogP contribution in [0.1, 0.15) is 0 Å². The summed E-state index contributed by atoms with van der Waals surface area (Å²) >= 11 is 0. The van der Waals surface area contributed by atoms with Gasteiger partial charge in [0.1, 0.15) is 12.7 Å². The molecule has 4 atom stereocenters. The molecule has 34 heavy (non-hydrogen) atoms. The van der Waals surface area contributed by atoms with Crippen molar-refractivity contribution in [1.29, 1.82) is 0 Å². The maximum atomic E-state index is 10.8. The third-order valence-electron chi connectivity index (χ3n) is 5.42. The largest absolute Gasteiger partial charge is 0.493 e. The summed E-state index contributed by atoms with van der Waals surface area (Å²) in [6, 6.07) is 21.7. The number of aliphatic hydroxyl groups excluding tert-OH is 1. The number of methoxy groups -OCH3 is 3. The van der Waals surface area contributed by atoms with Gasteiger partial charge in [-0.15, -0.1) is 0 Å². The number of ether oxygens (including phenoxy) is 7. The summed E-state index contributed by atoms with van der Waals surface area (Å²) in [7, 11) is 4.69. The summed E-state index contributed by atoms with van der Waals surface area (Å²) in [6.45, 7) is 0.0863. The minimum absolute atomic E-state index is 0.0863. The Bertz CT molecular complexity index is 1070. The zero-order valence-corrected chi connectivity index (χ0v) is 19.2. The third-order valence-corrected chi connectivity index (χ3v) is 5.42. The van der Waals surface area contributed by atoms with Crippen molar-refractivity contribution in [2.75, 3.05) is 27.9 Å². The van der Waals surface area contributed by atoms with Crippen molar-refractivity contribution < 1.29 is 38.3 Å². The Hall–Kier alpha value is -3.62. The first-order valence-electron chi connectivity index (χ1n) is 10.8. The van der Waals surface area contributed by atoms with Crippen molar-refractivity contribution in [3.8, 4) is 34.5 Å². The molecule has 1 aliphatic heterocycles. The standard InChI is InChI=1S/C26H28O8/c1-28-17-10-4-7-13-20(17)31-16-23-24(32-21-14-8-5-11-18(21)29-2)25(26(27)34-23)33-22-15-9-6-12-19(22)30-3/h4-15,23-27H,16H2,1-3H3. The van der Waals surface area contributed by atoms with E-state index < -0.39 is 24.6 Å². The predicted molar refractivity (Wildman–Crippen MR) is 124 cm³/mol. The first-order chi connectivity index (χ1) is 16.6.